The Hall–Kier alpha value is -0.980. The van der Waals surface area contributed by atoms with Gasteiger partial charge in [-0.05, 0) is 51.6 Å². The molecule has 1 heterocycles. The number of benzene rings is 1. The van der Waals surface area contributed by atoms with E-state index in [4.69, 9.17) is 11.6 Å². The van der Waals surface area contributed by atoms with E-state index in [2.05, 4.69) is 30.8 Å². The lowest BCUT2D eigenvalue weighted by Crippen LogP contribution is -2.13. The van der Waals surface area contributed by atoms with Gasteiger partial charge in [-0.25, -0.2) is 0 Å². The summed E-state index contributed by atoms with van der Waals surface area (Å²) < 4.78 is 4.62. The molecule has 0 bridgehead atoms. The molecule has 19 heavy (non-hydrogen) atoms. The molecule has 2 rings (SSSR count). The zero-order chi connectivity index (χ0) is 14.0. The summed E-state index contributed by atoms with van der Waals surface area (Å²) in [5.74, 6) is -0.0508. The summed E-state index contributed by atoms with van der Waals surface area (Å²) in [4.78, 5) is 12.7. The van der Waals surface area contributed by atoms with Crippen molar-refractivity contribution in [3.05, 3.63) is 38.3 Å². The van der Waals surface area contributed by atoms with Crippen LogP contribution in [0, 0.1) is 0 Å². The highest BCUT2D eigenvalue weighted by Gasteiger charge is 2.18. The molecular weight excluding hydrogens is 350 g/mol. The second kappa shape index (κ2) is 5.98. The van der Waals surface area contributed by atoms with Crippen LogP contribution in [0.1, 0.15) is 35.1 Å². The molecule has 0 aliphatic carbocycles. The van der Waals surface area contributed by atoms with Crippen LogP contribution in [-0.4, -0.2) is 15.5 Å². The fourth-order valence-corrected chi connectivity index (χ4v) is 2.64. The van der Waals surface area contributed by atoms with Gasteiger partial charge >= 0.3 is 0 Å². The van der Waals surface area contributed by atoms with Gasteiger partial charge in [0.2, 0.25) is 0 Å². The van der Waals surface area contributed by atoms with E-state index in [9.17, 15) is 4.79 Å². The second-order valence-electron chi connectivity index (χ2n) is 4.23. The van der Waals surface area contributed by atoms with Gasteiger partial charge in [0.05, 0.1) is 10.7 Å². The molecule has 0 saturated heterocycles. The van der Waals surface area contributed by atoms with Crippen LogP contribution in [0.25, 0.3) is 0 Å². The maximum Gasteiger partial charge on any atom is 0.269 e. The van der Waals surface area contributed by atoms with Crippen molar-refractivity contribution in [2.24, 2.45) is 0 Å². The van der Waals surface area contributed by atoms with Crippen LogP contribution in [0.15, 0.2) is 22.7 Å². The standard InChI is InChI=1S/C12H11BrClN3OS/c1-6(2)10-11(19-17-16-10)12(18)15-7-3-4-8(13)9(14)5-7/h3-6H,1-2H3,(H,15,18). The number of amides is 1. The third kappa shape index (κ3) is 3.32. The minimum atomic E-state index is -0.211. The number of nitrogens with one attached hydrogen (secondary N) is 1. The normalized spacial score (nSPS) is 10.8. The largest absolute Gasteiger partial charge is 0.321 e. The fourth-order valence-electron chi connectivity index (χ4n) is 1.49. The highest BCUT2D eigenvalue weighted by atomic mass is 79.9. The van der Waals surface area contributed by atoms with E-state index in [0.717, 1.165) is 16.0 Å². The van der Waals surface area contributed by atoms with Gasteiger partial charge in [-0.3, -0.25) is 4.79 Å². The molecule has 2 aromatic rings. The van der Waals surface area contributed by atoms with Gasteiger partial charge in [0.25, 0.3) is 5.91 Å². The van der Waals surface area contributed by atoms with E-state index < -0.39 is 0 Å². The first-order chi connectivity index (χ1) is 8.99. The van der Waals surface area contributed by atoms with Gasteiger partial charge in [-0.15, -0.1) is 5.10 Å². The molecule has 1 aromatic heterocycles. The Bertz CT molecular complexity index is 615. The second-order valence-corrected chi connectivity index (χ2v) is 6.24. The van der Waals surface area contributed by atoms with Crippen molar-refractivity contribution in [3.63, 3.8) is 0 Å². The Balaban J connectivity index is 2.21. The van der Waals surface area contributed by atoms with E-state index >= 15 is 0 Å². The van der Waals surface area contributed by atoms with Crippen LogP contribution in [-0.2, 0) is 0 Å². The van der Waals surface area contributed by atoms with Gasteiger partial charge in [-0.2, -0.15) is 0 Å². The number of carbonyl (C=O) groups excluding carboxylic acids is 1. The van der Waals surface area contributed by atoms with E-state index in [-0.39, 0.29) is 11.8 Å². The maximum absolute atomic E-state index is 12.2. The summed E-state index contributed by atoms with van der Waals surface area (Å²) in [6.45, 7) is 3.95. The number of hydrogen-bond donors (Lipinski definition) is 1. The lowest BCUT2D eigenvalue weighted by atomic mass is 10.1. The van der Waals surface area contributed by atoms with Crippen LogP contribution in [0.5, 0.6) is 0 Å². The molecule has 1 aromatic carbocycles. The lowest BCUT2D eigenvalue weighted by molar-refractivity contribution is 0.102. The molecular formula is C12H11BrClN3OS. The van der Waals surface area contributed by atoms with E-state index in [0.29, 0.717) is 21.3 Å². The summed E-state index contributed by atoms with van der Waals surface area (Å²) >= 11 is 10.4. The Labute approximate surface area is 128 Å². The highest BCUT2D eigenvalue weighted by Crippen LogP contribution is 2.26. The number of rotatable bonds is 3. The molecule has 0 aliphatic rings. The zero-order valence-electron chi connectivity index (χ0n) is 10.3. The van der Waals surface area contributed by atoms with Crippen molar-refractivity contribution >= 4 is 50.7 Å². The Morgan fingerprint density at radius 2 is 2.21 bits per heavy atom. The number of anilines is 1. The molecule has 1 amide bonds. The van der Waals surface area contributed by atoms with Gasteiger partial charge in [0.15, 0.2) is 0 Å². The molecule has 1 N–H and O–H groups in total. The monoisotopic (exact) mass is 359 g/mol. The van der Waals surface area contributed by atoms with Gasteiger partial charge < -0.3 is 5.32 Å². The number of aromatic nitrogens is 2. The van der Waals surface area contributed by atoms with Crippen LogP contribution in [0.4, 0.5) is 5.69 Å². The molecule has 0 radical (unpaired) electrons. The molecule has 100 valence electrons. The van der Waals surface area contributed by atoms with Crippen LogP contribution < -0.4 is 5.32 Å². The van der Waals surface area contributed by atoms with Gasteiger partial charge in [0, 0.05) is 10.2 Å². The van der Waals surface area contributed by atoms with Crippen molar-refractivity contribution in [1.29, 1.82) is 0 Å². The quantitative estimate of drug-likeness (QED) is 0.886. The minimum Gasteiger partial charge on any atom is -0.321 e. The average Bonchev–Trinajstić information content (AvgIpc) is 2.83. The SMILES string of the molecule is CC(C)c1nnsc1C(=O)Nc1ccc(Br)c(Cl)c1. The fraction of sp³-hybridized carbons (Fsp3) is 0.250. The molecule has 0 saturated carbocycles. The molecule has 0 aliphatic heterocycles. The first-order valence-electron chi connectivity index (χ1n) is 5.57. The minimum absolute atomic E-state index is 0.160. The summed E-state index contributed by atoms with van der Waals surface area (Å²) in [6.07, 6.45) is 0. The summed E-state index contributed by atoms with van der Waals surface area (Å²) in [5, 5.41) is 7.32. The van der Waals surface area contributed by atoms with E-state index in [1.807, 2.05) is 13.8 Å². The van der Waals surface area contributed by atoms with Crippen LogP contribution in [0.2, 0.25) is 5.02 Å². The third-order valence-corrected chi connectivity index (χ3v) is 4.42. The van der Waals surface area contributed by atoms with Gasteiger partial charge in [-0.1, -0.05) is 29.9 Å². The van der Waals surface area contributed by atoms with Gasteiger partial charge in [0.1, 0.15) is 4.88 Å². The Kier molecular flexibility index (Phi) is 4.54. The summed E-state index contributed by atoms with van der Waals surface area (Å²) in [5.41, 5.74) is 1.35. The summed E-state index contributed by atoms with van der Waals surface area (Å²) in [7, 11) is 0. The summed E-state index contributed by atoms with van der Waals surface area (Å²) in [6, 6.07) is 5.25. The van der Waals surface area contributed by atoms with E-state index in [1.165, 1.54) is 0 Å². The van der Waals surface area contributed by atoms with E-state index in [1.54, 1.807) is 18.2 Å². The number of halogens is 2. The highest BCUT2D eigenvalue weighted by molar-refractivity contribution is 9.10. The Morgan fingerprint density at radius 1 is 1.47 bits per heavy atom. The topological polar surface area (TPSA) is 54.9 Å². The first kappa shape index (κ1) is 14.4. The molecule has 0 spiro atoms. The number of hydrogen-bond acceptors (Lipinski definition) is 4. The van der Waals surface area contributed by atoms with Crippen LogP contribution in [0.3, 0.4) is 0 Å². The van der Waals surface area contributed by atoms with Crippen molar-refractivity contribution in [2.75, 3.05) is 5.32 Å². The average molecular weight is 361 g/mol. The smallest absolute Gasteiger partial charge is 0.269 e. The number of nitrogens with zero attached hydrogens (tertiary/aromatic N) is 2. The lowest BCUT2D eigenvalue weighted by Gasteiger charge is -2.07. The van der Waals surface area contributed by atoms with Crippen molar-refractivity contribution in [1.82, 2.24) is 9.59 Å². The van der Waals surface area contributed by atoms with Crippen molar-refractivity contribution in [3.8, 4) is 0 Å². The predicted octanol–water partition coefficient (Wildman–Crippen LogP) is 4.33. The van der Waals surface area contributed by atoms with Crippen molar-refractivity contribution in [2.45, 2.75) is 19.8 Å². The predicted molar refractivity (Wildman–Crippen MR) is 81.1 cm³/mol. The zero-order valence-corrected chi connectivity index (χ0v) is 13.4. The maximum atomic E-state index is 12.2. The molecule has 0 atom stereocenters. The molecule has 0 fully saturated rings. The molecule has 4 nitrogen and oxygen atoms in total. The molecule has 0 unspecified atom stereocenters. The van der Waals surface area contributed by atoms with Crippen molar-refractivity contribution < 1.29 is 4.79 Å². The first-order valence-corrected chi connectivity index (χ1v) is 7.52. The number of carbonyl (C=O) groups is 1. The van der Waals surface area contributed by atoms with Crippen LogP contribution >= 0.6 is 39.1 Å². The third-order valence-electron chi connectivity index (χ3n) is 2.44. The molecule has 7 heteroatoms. The Morgan fingerprint density at radius 3 is 2.84 bits per heavy atom.